The van der Waals surface area contributed by atoms with Gasteiger partial charge in [0.2, 0.25) is 0 Å². The van der Waals surface area contributed by atoms with E-state index in [1.165, 1.54) is 149 Å². The molecule has 0 aromatic carbocycles. The van der Waals surface area contributed by atoms with Gasteiger partial charge in [0.25, 0.3) is 0 Å². The molecule has 0 aromatic rings. The summed E-state index contributed by atoms with van der Waals surface area (Å²) in [6, 6.07) is 0. The van der Waals surface area contributed by atoms with Crippen LogP contribution in [-0.2, 0) is 0 Å². The van der Waals surface area contributed by atoms with Crippen molar-refractivity contribution in [3.8, 4) is 0 Å². The standard InChI is InChI=1S/C25H50B2/c1-24(20-16-12-8-4-3-5-9-13-17-21-24)26-27-25(2)22-18-14-10-6-7-11-15-19-23-25/h26-27H,3-23H2,1-2H3. The fourth-order valence-corrected chi connectivity index (χ4v) is 5.86. The lowest BCUT2D eigenvalue weighted by molar-refractivity contribution is 0.432. The maximum atomic E-state index is 2.66. The Morgan fingerprint density at radius 2 is 0.519 bits per heavy atom. The van der Waals surface area contributed by atoms with Gasteiger partial charge in [-0.1, -0.05) is 159 Å². The predicted molar refractivity (Wildman–Crippen MR) is 128 cm³/mol. The Balaban J connectivity index is 1.86. The Bertz CT molecular complexity index is 341. The Morgan fingerprint density at radius 1 is 0.333 bits per heavy atom. The van der Waals surface area contributed by atoms with Gasteiger partial charge in [-0.15, -0.1) is 0 Å². The molecule has 0 aromatic heterocycles. The molecule has 2 aliphatic carbocycles. The third-order valence-corrected chi connectivity index (χ3v) is 8.20. The molecule has 0 bridgehead atoms. The Kier molecular flexibility index (Phi) is 11.6. The molecule has 0 radical (unpaired) electrons. The van der Waals surface area contributed by atoms with Crippen molar-refractivity contribution in [3.05, 3.63) is 0 Å². The molecular weight excluding hydrogens is 322 g/mol. The topological polar surface area (TPSA) is 0 Å². The minimum Gasteiger partial charge on any atom is -0.0673 e. The van der Waals surface area contributed by atoms with Crippen molar-refractivity contribution in [2.45, 2.75) is 159 Å². The largest absolute Gasteiger partial charge is 0.0948 e. The third kappa shape index (κ3) is 10.5. The van der Waals surface area contributed by atoms with E-state index in [1.54, 1.807) is 0 Å². The van der Waals surface area contributed by atoms with Gasteiger partial charge in [-0.25, -0.2) is 0 Å². The van der Waals surface area contributed by atoms with Gasteiger partial charge in [0.1, 0.15) is 0 Å². The summed E-state index contributed by atoms with van der Waals surface area (Å²) < 4.78 is 0. The smallest absolute Gasteiger partial charge is 0.0673 e. The van der Waals surface area contributed by atoms with Crippen LogP contribution in [0.1, 0.15) is 149 Å². The maximum Gasteiger partial charge on any atom is 0.0948 e. The molecule has 2 rings (SSSR count). The molecule has 0 heterocycles. The fourth-order valence-electron chi connectivity index (χ4n) is 5.86. The van der Waals surface area contributed by atoms with Crippen molar-refractivity contribution in [2.75, 3.05) is 0 Å². The van der Waals surface area contributed by atoms with Gasteiger partial charge < -0.3 is 0 Å². The molecule has 27 heavy (non-hydrogen) atoms. The molecular formula is C25H50B2. The summed E-state index contributed by atoms with van der Waals surface area (Å²) in [4.78, 5) is 0. The van der Waals surface area contributed by atoms with Crippen LogP contribution in [0.25, 0.3) is 0 Å². The van der Waals surface area contributed by atoms with Crippen molar-refractivity contribution < 1.29 is 0 Å². The average Bonchev–Trinajstić information content (AvgIpc) is 2.69. The highest BCUT2D eigenvalue weighted by Gasteiger charge is 2.31. The van der Waals surface area contributed by atoms with Crippen molar-refractivity contribution in [1.29, 1.82) is 0 Å². The van der Waals surface area contributed by atoms with E-state index in [0.29, 0.717) is 10.6 Å². The molecule has 0 nitrogen and oxygen atoms in total. The Labute approximate surface area is 173 Å². The molecule has 156 valence electrons. The quantitative estimate of drug-likeness (QED) is 0.437. The van der Waals surface area contributed by atoms with E-state index in [0.717, 1.165) is 0 Å². The van der Waals surface area contributed by atoms with Gasteiger partial charge in [-0.3, -0.25) is 0 Å². The summed E-state index contributed by atoms with van der Waals surface area (Å²) in [7, 11) is 3.01. The van der Waals surface area contributed by atoms with E-state index in [4.69, 9.17) is 0 Å². The van der Waals surface area contributed by atoms with Crippen LogP contribution in [0.4, 0.5) is 0 Å². The van der Waals surface area contributed by atoms with Gasteiger partial charge in [0.05, 0.1) is 14.3 Å². The van der Waals surface area contributed by atoms with Crippen molar-refractivity contribution >= 4 is 14.3 Å². The number of rotatable bonds is 3. The van der Waals surface area contributed by atoms with Crippen LogP contribution in [0, 0.1) is 0 Å². The highest BCUT2D eigenvalue weighted by Crippen LogP contribution is 2.43. The van der Waals surface area contributed by atoms with E-state index in [-0.39, 0.29) is 0 Å². The first-order valence-electron chi connectivity index (χ1n) is 13.1. The summed E-state index contributed by atoms with van der Waals surface area (Å²) >= 11 is 0. The highest BCUT2D eigenvalue weighted by molar-refractivity contribution is 7.03. The molecule has 2 aliphatic rings. The second-order valence-electron chi connectivity index (χ2n) is 11.1. The monoisotopic (exact) mass is 372 g/mol. The van der Waals surface area contributed by atoms with Crippen molar-refractivity contribution in [3.63, 3.8) is 0 Å². The zero-order valence-electron chi connectivity index (χ0n) is 19.3. The van der Waals surface area contributed by atoms with Gasteiger partial charge in [-0.05, 0) is 0 Å². The zero-order chi connectivity index (χ0) is 19.3. The van der Waals surface area contributed by atoms with Gasteiger partial charge in [0.15, 0.2) is 0 Å². The lowest BCUT2D eigenvalue weighted by Gasteiger charge is -2.35. The molecule has 0 aliphatic heterocycles. The Hall–Kier alpha value is 0.130. The van der Waals surface area contributed by atoms with Crippen LogP contribution in [-0.4, -0.2) is 14.3 Å². The zero-order valence-corrected chi connectivity index (χ0v) is 19.3. The normalized spacial score (nSPS) is 26.6. The molecule has 0 atom stereocenters. The fraction of sp³-hybridized carbons (Fsp3) is 1.00. The van der Waals surface area contributed by atoms with Gasteiger partial charge in [0, 0.05) is 0 Å². The van der Waals surface area contributed by atoms with Crippen LogP contribution < -0.4 is 0 Å². The highest BCUT2D eigenvalue weighted by atomic mass is 14.2. The summed E-state index contributed by atoms with van der Waals surface area (Å²) in [6.45, 7) is 5.32. The van der Waals surface area contributed by atoms with Crippen LogP contribution in [0.15, 0.2) is 0 Å². The molecule has 0 unspecified atom stereocenters. The van der Waals surface area contributed by atoms with Crippen LogP contribution in [0.2, 0.25) is 10.6 Å². The molecule has 2 fully saturated rings. The van der Waals surface area contributed by atoms with Crippen LogP contribution in [0.5, 0.6) is 0 Å². The van der Waals surface area contributed by atoms with E-state index >= 15 is 0 Å². The number of hydrogen-bond acceptors (Lipinski definition) is 0. The van der Waals surface area contributed by atoms with Crippen molar-refractivity contribution in [1.82, 2.24) is 0 Å². The van der Waals surface area contributed by atoms with Gasteiger partial charge >= 0.3 is 0 Å². The first kappa shape index (κ1) is 23.4. The Morgan fingerprint density at radius 3 is 0.741 bits per heavy atom. The van der Waals surface area contributed by atoms with Crippen LogP contribution in [0.3, 0.4) is 0 Å². The minimum absolute atomic E-state index is 0.633. The lowest BCUT2D eigenvalue weighted by Crippen LogP contribution is -2.31. The second kappa shape index (κ2) is 13.4. The summed E-state index contributed by atoms with van der Waals surface area (Å²) in [5.41, 5.74) is 0. The molecule has 2 heteroatoms. The molecule has 0 amide bonds. The average molecular weight is 372 g/mol. The summed E-state index contributed by atoms with van der Waals surface area (Å²) in [5, 5.41) is 1.27. The summed E-state index contributed by atoms with van der Waals surface area (Å²) in [5.74, 6) is 0. The molecule has 0 spiro atoms. The lowest BCUT2D eigenvalue weighted by atomic mass is 9.20. The first-order chi connectivity index (χ1) is 13.1. The molecule has 0 N–H and O–H groups in total. The van der Waals surface area contributed by atoms with Crippen molar-refractivity contribution in [2.24, 2.45) is 0 Å². The van der Waals surface area contributed by atoms with Crippen LogP contribution >= 0.6 is 0 Å². The van der Waals surface area contributed by atoms with Gasteiger partial charge in [-0.2, -0.15) is 0 Å². The van der Waals surface area contributed by atoms with E-state index in [1.807, 2.05) is 0 Å². The first-order valence-corrected chi connectivity index (χ1v) is 13.1. The molecule has 0 saturated heterocycles. The van der Waals surface area contributed by atoms with E-state index in [2.05, 4.69) is 13.8 Å². The molecule has 2 saturated carbocycles. The maximum absolute atomic E-state index is 2.66. The SMILES string of the molecule is CC1(BBC2(C)CCCCCCCCCC2)CCCCCCCCCCC1. The van der Waals surface area contributed by atoms with E-state index in [9.17, 15) is 0 Å². The third-order valence-electron chi connectivity index (χ3n) is 8.20. The minimum atomic E-state index is 0.633. The van der Waals surface area contributed by atoms with E-state index < -0.39 is 0 Å². The second-order valence-corrected chi connectivity index (χ2v) is 11.1. The summed E-state index contributed by atoms with van der Waals surface area (Å²) in [6.07, 6.45) is 31.4. The predicted octanol–water partition coefficient (Wildman–Crippen LogP) is 8.35. The number of hydrogen-bond donors (Lipinski definition) is 0.